The summed E-state index contributed by atoms with van der Waals surface area (Å²) in [6.07, 6.45) is 0.444. The third kappa shape index (κ3) is 3.14. The summed E-state index contributed by atoms with van der Waals surface area (Å²) in [6.45, 7) is 5.78. The number of ether oxygens (including phenoxy) is 1. The van der Waals surface area contributed by atoms with E-state index >= 15 is 0 Å². The van der Waals surface area contributed by atoms with E-state index in [4.69, 9.17) is 4.74 Å². The van der Waals surface area contributed by atoms with Gasteiger partial charge in [0.2, 0.25) is 0 Å². The first-order chi connectivity index (χ1) is 14.4. The molecule has 3 aromatic rings. The van der Waals surface area contributed by atoms with Gasteiger partial charge in [0.25, 0.3) is 0 Å². The second kappa shape index (κ2) is 7.71. The van der Waals surface area contributed by atoms with Crippen LogP contribution >= 0.6 is 0 Å². The molecule has 0 saturated carbocycles. The van der Waals surface area contributed by atoms with Gasteiger partial charge in [-0.2, -0.15) is 0 Å². The molecule has 0 saturated heterocycles. The van der Waals surface area contributed by atoms with Crippen molar-refractivity contribution < 1.29 is 19.1 Å². The number of rotatable bonds is 4. The summed E-state index contributed by atoms with van der Waals surface area (Å²) in [5.41, 5.74) is 5.05. The third-order valence-electron chi connectivity index (χ3n) is 5.69. The summed E-state index contributed by atoms with van der Waals surface area (Å²) in [6, 6.07) is 16.2. The predicted molar refractivity (Wildman–Crippen MR) is 114 cm³/mol. The minimum atomic E-state index is -0.477. The van der Waals surface area contributed by atoms with E-state index < -0.39 is 5.97 Å². The van der Waals surface area contributed by atoms with Crippen molar-refractivity contribution in [3.63, 3.8) is 0 Å². The number of carbonyl (C=O) groups is 3. The lowest BCUT2D eigenvalue weighted by molar-refractivity contribution is 0.0469. The fraction of sp³-hybridized carbons (Fsp3) is 0.192. The number of carbonyl (C=O) groups excluding carboxylic acids is 3. The first-order valence-electron chi connectivity index (χ1n) is 10.0. The average Bonchev–Trinajstić information content (AvgIpc) is 2.75. The third-order valence-corrected chi connectivity index (χ3v) is 5.69. The van der Waals surface area contributed by atoms with Gasteiger partial charge in [0.1, 0.15) is 6.61 Å². The van der Waals surface area contributed by atoms with Gasteiger partial charge >= 0.3 is 5.97 Å². The zero-order chi connectivity index (χ0) is 21.4. The Labute approximate surface area is 175 Å². The molecule has 0 N–H and O–H groups in total. The highest BCUT2D eigenvalue weighted by Crippen LogP contribution is 2.33. The average molecular weight is 398 g/mol. The smallest absolute Gasteiger partial charge is 0.339 e. The first-order valence-corrected chi connectivity index (χ1v) is 10.0. The maximum atomic E-state index is 13.2. The van der Waals surface area contributed by atoms with E-state index in [0.29, 0.717) is 45.4 Å². The Kier molecular flexibility index (Phi) is 5.08. The van der Waals surface area contributed by atoms with Gasteiger partial charge in [-0.05, 0) is 48.6 Å². The molecule has 0 spiro atoms. The molecular formula is C26H22O4. The molecule has 4 rings (SSSR count). The number of esters is 1. The maximum Gasteiger partial charge on any atom is 0.339 e. The molecule has 0 bridgehead atoms. The van der Waals surface area contributed by atoms with Crippen LogP contribution in [0.2, 0.25) is 0 Å². The fourth-order valence-corrected chi connectivity index (χ4v) is 4.11. The van der Waals surface area contributed by atoms with Gasteiger partial charge in [-0.3, -0.25) is 9.59 Å². The number of benzene rings is 3. The van der Waals surface area contributed by atoms with E-state index in [1.54, 1.807) is 37.3 Å². The van der Waals surface area contributed by atoms with Crippen LogP contribution in [-0.2, 0) is 17.8 Å². The lowest BCUT2D eigenvalue weighted by atomic mass is 9.78. The van der Waals surface area contributed by atoms with Gasteiger partial charge in [0.05, 0.1) is 5.56 Å². The zero-order valence-corrected chi connectivity index (χ0v) is 17.2. The Morgan fingerprint density at radius 2 is 1.47 bits per heavy atom. The van der Waals surface area contributed by atoms with Crippen LogP contribution in [0.1, 0.15) is 71.4 Å². The molecule has 0 fully saturated rings. The van der Waals surface area contributed by atoms with Crippen LogP contribution in [0.4, 0.5) is 0 Å². The maximum absolute atomic E-state index is 13.2. The van der Waals surface area contributed by atoms with Crippen LogP contribution in [0.15, 0.2) is 54.6 Å². The number of hydrogen-bond donors (Lipinski definition) is 0. The second-order valence-corrected chi connectivity index (χ2v) is 7.53. The van der Waals surface area contributed by atoms with Crippen molar-refractivity contribution in [1.82, 2.24) is 0 Å². The zero-order valence-electron chi connectivity index (χ0n) is 17.2. The normalized spacial score (nSPS) is 12.4. The second-order valence-electron chi connectivity index (χ2n) is 7.53. The number of hydrogen-bond acceptors (Lipinski definition) is 4. The topological polar surface area (TPSA) is 60.4 Å². The van der Waals surface area contributed by atoms with Gasteiger partial charge in [-0.15, -0.1) is 0 Å². The highest BCUT2D eigenvalue weighted by Gasteiger charge is 2.34. The Morgan fingerprint density at radius 3 is 2.13 bits per heavy atom. The molecule has 1 aliphatic rings. The van der Waals surface area contributed by atoms with Crippen LogP contribution in [0, 0.1) is 13.8 Å². The molecule has 0 aliphatic heterocycles. The molecule has 0 aromatic heterocycles. The minimum absolute atomic E-state index is 0.154. The Balaban J connectivity index is 1.77. The van der Waals surface area contributed by atoms with E-state index in [2.05, 4.69) is 0 Å². The summed E-state index contributed by atoms with van der Waals surface area (Å²) < 4.78 is 5.61. The Bertz CT molecular complexity index is 1200. The van der Waals surface area contributed by atoms with E-state index in [9.17, 15) is 14.4 Å². The van der Waals surface area contributed by atoms with Gasteiger partial charge in [0, 0.05) is 22.3 Å². The van der Waals surface area contributed by atoms with Crippen LogP contribution < -0.4 is 0 Å². The molecule has 3 aromatic carbocycles. The van der Waals surface area contributed by atoms with Gasteiger partial charge in [0.15, 0.2) is 11.6 Å². The Hall–Kier alpha value is -3.53. The summed E-state index contributed by atoms with van der Waals surface area (Å²) >= 11 is 0. The first kappa shape index (κ1) is 19.8. The summed E-state index contributed by atoms with van der Waals surface area (Å²) in [7, 11) is 0. The predicted octanol–water partition coefficient (Wildman–Crippen LogP) is 5.00. The van der Waals surface area contributed by atoms with Gasteiger partial charge in [-0.1, -0.05) is 55.5 Å². The van der Waals surface area contributed by atoms with Crippen LogP contribution in [0.3, 0.4) is 0 Å². The molecule has 0 amide bonds. The van der Waals surface area contributed by atoms with Crippen molar-refractivity contribution in [3.8, 4) is 0 Å². The Morgan fingerprint density at radius 1 is 0.833 bits per heavy atom. The van der Waals surface area contributed by atoms with E-state index in [0.717, 1.165) is 11.1 Å². The fourth-order valence-electron chi connectivity index (χ4n) is 4.11. The molecule has 4 nitrogen and oxygen atoms in total. The highest BCUT2D eigenvalue weighted by atomic mass is 16.5. The van der Waals surface area contributed by atoms with E-state index in [1.165, 1.54) is 0 Å². The lowest BCUT2D eigenvalue weighted by Crippen LogP contribution is -2.25. The van der Waals surface area contributed by atoms with Crippen molar-refractivity contribution >= 4 is 17.5 Å². The highest BCUT2D eigenvalue weighted by molar-refractivity contribution is 6.29. The summed E-state index contributed by atoms with van der Waals surface area (Å²) in [5, 5.41) is 0. The molecule has 1 aliphatic carbocycles. The van der Waals surface area contributed by atoms with Crippen LogP contribution in [0.5, 0.6) is 0 Å². The van der Waals surface area contributed by atoms with E-state index in [1.807, 2.05) is 38.1 Å². The minimum Gasteiger partial charge on any atom is -0.457 e. The SMILES string of the molecule is CCc1c(C(=O)OCc2ccccc2C)c(C)cc2c1C(=O)c1ccccc1C2=O. The summed E-state index contributed by atoms with van der Waals surface area (Å²) in [4.78, 5) is 39.3. The van der Waals surface area contributed by atoms with E-state index in [-0.39, 0.29) is 18.2 Å². The number of ketones is 2. The number of aryl methyl sites for hydroxylation is 2. The van der Waals surface area contributed by atoms with Crippen molar-refractivity contribution in [2.24, 2.45) is 0 Å². The van der Waals surface area contributed by atoms with Crippen molar-refractivity contribution in [2.45, 2.75) is 33.8 Å². The molecule has 0 heterocycles. The van der Waals surface area contributed by atoms with Crippen molar-refractivity contribution in [2.75, 3.05) is 0 Å². The monoisotopic (exact) mass is 398 g/mol. The molecule has 30 heavy (non-hydrogen) atoms. The molecular weight excluding hydrogens is 376 g/mol. The molecule has 0 unspecified atom stereocenters. The van der Waals surface area contributed by atoms with Gasteiger partial charge in [-0.25, -0.2) is 4.79 Å². The molecule has 150 valence electrons. The van der Waals surface area contributed by atoms with Gasteiger partial charge < -0.3 is 4.74 Å². The van der Waals surface area contributed by atoms with Crippen LogP contribution in [0.25, 0.3) is 0 Å². The van der Waals surface area contributed by atoms with Crippen LogP contribution in [-0.4, -0.2) is 17.5 Å². The van der Waals surface area contributed by atoms with Crippen molar-refractivity contribution in [3.05, 3.63) is 105 Å². The van der Waals surface area contributed by atoms with Crippen molar-refractivity contribution in [1.29, 1.82) is 0 Å². The molecule has 0 radical (unpaired) electrons. The molecule has 4 heteroatoms. The largest absolute Gasteiger partial charge is 0.457 e. The number of fused-ring (bicyclic) bond motifs is 2. The summed E-state index contributed by atoms with van der Waals surface area (Å²) in [5.74, 6) is -0.877. The molecule has 0 atom stereocenters. The lowest BCUT2D eigenvalue weighted by Gasteiger charge is -2.23. The standard InChI is InChI=1S/C26H22O4/c1-4-18-22(26(29)30-14-17-10-6-5-9-15(17)2)16(3)13-21-23(18)25(28)20-12-8-7-11-19(20)24(21)27/h5-13H,4,14H2,1-3H3. The quantitative estimate of drug-likeness (QED) is 0.454.